The smallest absolute Gasteiger partial charge is 0.422 e. The van der Waals surface area contributed by atoms with Crippen molar-refractivity contribution in [2.45, 2.75) is 38.3 Å². The maximum Gasteiger partial charge on any atom is 0.422 e. The lowest BCUT2D eigenvalue weighted by Crippen LogP contribution is -2.20. The van der Waals surface area contributed by atoms with E-state index in [1.165, 1.54) is 24.3 Å². The van der Waals surface area contributed by atoms with Gasteiger partial charge < -0.3 is 10.1 Å². The molecule has 1 aromatic heterocycles. The third kappa shape index (κ3) is 6.49. The summed E-state index contributed by atoms with van der Waals surface area (Å²) in [7, 11) is 0. The van der Waals surface area contributed by atoms with Gasteiger partial charge in [0.25, 0.3) is 5.92 Å². The Morgan fingerprint density at radius 3 is 2.18 bits per heavy atom. The summed E-state index contributed by atoms with van der Waals surface area (Å²) < 4.78 is 70.7. The molecule has 10 heteroatoms. The van der Waals surface area contributed by atoms with E-state index in [1.54, 1.807) is 12.1 Å². The monoisotopic (exact) mass is 478 g/mol. The second kappa shape index (κ2) is 9.36. The first-order chi connectivity index (χ1) is 15.8. The Balaban J connectivity index is 1.98. The normalized spacial score (nSPS) is 12.4. The van der Waals surface area contributed by atoms with E-state index in [2.05, 4.69) is 26.8 Å². The topological polar surface area (TPSA) is 59.9 Å². The lowest BCUT2D eigenvalue weighted by atomic mass is 9.87. The molecule has 5 nitrogen and oxygen atoms in total. The first-order valence-electron chi connectivity index (χ1n) is 10.2. The number of aromatic nitrogens is 3. The summed E-state index contributed by atoms with van der Waals surface area (Å²) in [6.07, 6.45) is -4.09. The molecule has 0 aliphatic carbocycles. The van der Waals surface area contributed by atoms with Gasteiger partial charge in [-0.2, -0.15) is 36.9 Å². The Labute approximate surface area is 193 Å². The van der Waals surface area contributed by atoms with Crippen LogP contribution in [-0.2, 0) is 11.3 Å². The number of ether oxygens (including phenoxy) is 1. The van der Waals surface area contributed by atoms with Gasteiger partial charge in [0.05, 0.1) is 0 Å². The first-order valence-corrected chi connectivity index (χ1v) is 10.2. The summed E-state index contributed by atoms with van der Waals surface area (Å²) in [6.45, 7) is 7.66. The number of benzene rings is 2. The van der Waals surface area contributed by atoms with Crippen LogP contribution < -0.4 is 10.1 Å². The molecule has 34 heavy (non-hydrogen) atoms. The summed E-state index contributed by atoms with van der Waals surface area (Å²) in [5, 5.41) is 2.73. The Kier molecular flexibility index (Phi) is 6.90. The predicted octanol–water partition coefficient (Wildman–Crippen LogP) is 6.80. The number of nitrogens with one attached hydrogen (secondary N) is 1. The van der Waals surface area contributed by atoms with Gasteiger partial charge in [-0.05, 0) is 29.2 Å². The second-order valence-corrected chi connectivity index (χ2v) is 8.53. The van der Waals surface area contributed by atoms with E-state index in [1.807, 2.05) is 32.9 Å². The molecule has 0 atom stereocenters. The molecule has 0 aliphatic rings. The summed E-state index contributed by atoms with van der Waals surface area (Å²) in [5.74, 6) is -3.37. The standard InChI is InChI=1S/C24H23F5N4O/c1-5-23(25,26)17-7-6-8-18(13-17)30-20-31-19(32-21(33-20)34-14-24(27,28)29)15-9-11-16(12-10-15)22(2,3)4/h5-13H,1,14H2,2-4H3,(H,30,31,32,33). The van der Waals surface area contributed by atoms with Crippen molar-refractivity contribution in [3.8, 4) is 17.4 Å². The summed E-state index contributed by atoms with van der Waals surface area (Å²) >= 11 is 0. The van der Waals surface area contributed by atoms with Crippen LogP contribution in [0.25, 0.3) is 11.4 Å². The molecule has 0 radical (unpaired) electrons. The van der Waals surface area contributed by atoms with Crippen LogP contribution in [0.15, 0.2) is 61.2 Å². The number of rotatable bonds is 7. The molecule has 0 saturated heterocycles. The molecule has 0 fully saturated rings. The van der Waals surface area contributed by atoms with E-state index < -0.39 is 24.7 Å². The third-order valence-electron chi connectivity index (χ3n) is 4.75. The lowest BCUT2D eigenvalue weighted by Gasteiger charge is -2.19. The predicted molar refractivity (Wildman–Crippen MR) is 119 cm³/mol. The van der Waals surface area contributed by atoms with Crippen LogP contribution in [0, 0.1) is 0 Å². The number of hydrogen-bond acceptors (Lipinski definition) is 5. The van der Waals surface area contributed by atoms with Gasteiger partial charge in [0.15, 0.2) is 12.4 Å². The third-order valence-corrected chi connectivity index (χ3v) is 4.75. The molecule has 1 heterocycles. The minimum Gasteiger partial charge on any atom is -0.454 e. The van der Waals surface area contributed by atoms with E-state index in [4.69, 9.17) is 4.74 Å². The van der Waals surface area contributed by atoms with Crippen LogP contribution in [0.4, 0.5) is 33.6 Å². The molecule has 2 aromatic carbocycles. The van der Waals surface area contributed by atoms with Gasteiger partial charge in [0, 0.05) is 16.8 Å². The number of hydrogen-bond donors (Lipinski definition) is 1. The molecular formula is C24H23F5N4O. The Morgan fingerprint density at radius 2 is 1.59 bits per heavy atom. The first kappa shape index (κ1) is 25.1. The van der Waals surface area contributed by atoms with Crippen LogP contribution in [0.3, 0.4) is 0 Å². The molecule has 0 spiro atoms. The highest BCUT2D eigenvalue weighted by molar-refractivity contribution is 5.60. The summed E-state index contributed by atoms with van der Waals surface area (Å²) in [4.78, 5) is 12.1. The molecule has 0 saturated carbocycles. The zero-order valence-electron chi connectivity index (χ0n) is 18.8. The van der Waals surface area contributed by atoms with Gasteiger partial charge in [-0.1, -0.05) is 63.7 Å². The number of halogens is 5. The molecule has 0 amide bonds. The SMILES string of the molecule is C=CC(F)(F)c1cccc(Nc2nc(OCC(F)(F)F)nc(-c3ccc(C(C)(C)C)cc3)n2)c1. The van der Waals surface area contributed by atoms with Gasteiger partial charge in [0.1, 0.15) is 0 Å². The average molecular weight is 478 g/mol. The highest BCUT2D eigenvalue weighted by atomic mass is 19.4. The largest absolute Gasteiger partial charge is 0.454 e. The maximum atomic E-state index is 14.0. The quantitative estimate of drug-likeness (QED) is 0.299. The molecule has 0 unspecified atom stereocenters. The maximum absolute atomic E-state index is 14.0. The van der Waals surface area contributed by atoms with Gasteiger partial charge in [-0.25, -0.2) is 0 Å². The fourth-order valence-corrected chi connectivity index (χ4v) is 2.92. The van der Waals surface area contributed by atoms with Crippen molar-refractivity contribution in [1.29, 1.82) is 0 Å². The molecule has 0 aliphatic heterocycles. The van der Waals surface area contributed by atoms with Crippen molar-refractivity contribution in [3.63, 3.8) is 0 Å². The molecule has 1 N–H and O–H groups in total. The molecule has 3 aromatic rings. The highest BCUT2D eigenvalue weighted by Gasteiger charge is 2.29. The van der Waals surface area contributed by atoms with Crippen molar-refractivity contribution in [2.24, 2.45) is 0 Å². The second-order valence-electron chi connectivity index (χ2n) is 8.53. The Morgan fingerprint density at radius 1 is 0.912 bits per heavy atom. The van der Waals surface area contributed by atoms with Crippen LogP contribution >= 0.6 is 0 Å². The highest BCUT2D eigenvalue weighted by Crippen LogP contribution is 2.31. The number of anilines is 2. The van der Waals surface area contributed by atoms with E-state index in [0.717, 1.165) is 5.56 Å². The Hall–Kier alpha value is -3.56. The molecule has 0 bridgehead atoms. The summed E-state index contributed by atoms with van der Waals surface area (Å²) in [6, 6.07) is 11.9. The molecule has 180 valence electrons. The van der Waals surface area contributed by atoms with Gasteiger partial charge >= 0.3 is 12.2 Å². The number of nitrogens with zero attached hydrogens (tertiary/aromatic N) is 3. The van der Waals surface area contributed by atoms with E-state index in [0.29, 0.717) is 11.6 Å². The summed E-state index contributed by atoms with van der Waals surface area (Å²) in [5.41, 5.74) is 1.32. The van der Waals surface area contributed by atoms with Crippen LogP contribution in [0.1, 0.15) is 31.9 Å². The number of allylic oxidation sites excluding steroid dienone is 1. The van der Waals surface area contributed by atoms with Crippen LogP contribution in [0.2, 0.25) is 0 Å². The van der Waals surface area contributed by atoms with Crippen molar-refractivity contribution in [2.75, 3.05) is 11.9 Å². The van der Waals surface area contributed by atoms with Crippen molar-refractivity contribution in [3.05, 3.63) is 72.3 Å². The van der Waals surface area contributed by atoms with Crippen LogP contribution in [0.5, 0.6) is 6.01 Å². The van der Waals surface area contributed by atoms with E-state index in [9.17, 15) is 22.0 Å². The van der Waals surface area contributed by atoms with E-state index in [-0.39, 0.29) is 28.4 Å². The van der Waals surface area contributed by atoms with E-state index >= 15 is 0 Å². The zero-order chi connectivity index (χ0) is 25.1. The van der Waals surface area contributed by atoms with Crippen molar-refractivity contribution in [1.82, 2.24) is 15.0 Å². The minimum atomic E-state index is -4.60. The minimum absolute atomic E-state index is 0.0581. The van der Waals surface area contributed by atoms with Gasteiger partial charge in [-0.15, -0.1) is 0 Å². The zero-order valence-corrected chi connectivity index (χ0v) is 18.8. The van der Waals surface area contributed by atoms with Gasteiger partial charge in [0.2, 0.25) is 5.95 Å². The molecule has 3 rings (SSSR count). The van der Waals surface area contributed by atoms with Crippen molar-refractivity contribution >= 4 is 11.6 Å². The molecular weight excluding hydrogens is 455 g/mol. The average Bonchev–Trinajstić information content (AvgIpc) is 2.77. The fourth-order valence-electron chi connectivity index (χ4n) is 2.92. The number of alkyl halides is 5. The lowest BCUT2D eigenvalue weighted by molar-refractivity contribution is -0.154. The Bertz CT molecular complexity index is 1160. The van der Waals surface area contributed by atoms with Gasteiger partial charge in [-0.3, -0.25) is 0 Å². The van der Waals surface area contributed by atoms with Crippen LogP contribution in [-0.4, -0.2) is 27.7 Å². The fraction of sp³-hybridized carbons (Fsp3) is 0.292. The van der Waals surface area contributed by atoms with Crippen molar-refractivity contribution < 1.29 is 26.7 Å².